The quantitative estimate of drug-likeness (QED) is 0.0224. The van der Waals surface area contributed by atoms with E-state index in [-0.39, 0.29) is 37.9 Å². The number of nitrogens with two attached hydrogens (primary N) is 1. The number of hydrogen-bond acceptors (Lipinski definition) is 19. The zero-order valence-corrected chi connectivity index (χ0v) is 45.4. The number of anilines is 1. The highest BCUT2D eigenvalue weighted by Gasteiger charge is 2.44. The van der Waals surface area contributed by atoms with Crippen LogP contribution in [0.2, 0.25) is 0 Å². The van der Waals surface area contributed by atoms with Crippen LogP contribution in [0.3, 0.4) is 0 Å². The summed E-state index contributed by atoms with van der Waals surface area (Å²) < 4.78 is 64.7. The second kappa shape index (κ2) is 35.5. The number of esters is 2. The zero-order chi connectivity index (χ0) is 54.5. The summed E-state index contributed by atoms with van der Waals surface area (Å²) in [7, 11) is -11.3. The van der Waals surface area contributed by atoms with Crippen LogP contribution < -0.4 is 11.4 Å². The molecule has 1 fully saturated rings. The van der Waals surface area contributed by atoms with Gasteiger partial charge >= 0.3 is 33.3 Å². The maximum Gasteiger partial charge on any atom is 0.481 e. The molecule has 0 radical (unpaired) electrons. The monoisotopic (exact) mass is 1100 g/mol. The van der Waals surface area contributed by atoms with Crippen LogP contribution in [0.4, 0.5) is 5.82 Å². The number of aliphatic hydroxyl groups excluding tert-OH is 5. The van der Waals surface area contributed by atoms with Crippen molar-refractivity contribution in [2.45, 2.75) is 224 Å². The molecule has 0 saturated carbocycles. The van der Waals surface area contributed by atoms with Crippen LogP contribution in [0.15, 0.2) is 41.4 Å². The maximum atomic E-state index is 13.4. The van der Waals surface area contributed by atoms with E-state index in [0.717, 1.165) is 55.2 Å². The number of aromatic nitrogens is 2. The second-order valence-corrected chi connectivity index (χ2v) is 22.8. The van der Waals surface area contributed by atoms with E-state index < -0.39 is 121 Å². The van der Waals surface area contributed by atoms with Crippen molar-refractivity contribution in [2.24, 2.45) is 11.8 Å². The lowest BCUT2D eigenvalue weighted by molar-refractivity contribution is -0.192. The Kier molecular flexibility index (Phi) is 31.3. The Morgan fingerprint density at radius 1 is 0.865 bits per heavy atom. The molecule has 2 aliphatic heterocycles. The molecule has 12 atom stereocenters. The summed E-state index contributed by atoms with van der Waals surface area (Å²) in [5.74, 6) is -2.07. The van der Waals surface area contributed by atoms with Crippen molar-refractivity contribution in [2.75, 3.05) is 25.6 Å². The van der Waals surface area contributed by atoms with Crippen LogP contribution >= 0.6 is 15.6 Å². The fourth-order valence-corrected chi connectivity index (χ4v) is 10.6. The molecule has 3 unspecified atom stereocenters. The molecule has 0 aromatic carbocycles. The molecule has 9 N–H and O–H groups in total. The fourth-order valence-electron chi connectivity index (χ4n) is 8.53. The number of carbonyl (C=O) groups is 2. The van der Waals surface area contributed by atoms with Crippen molar-refractivity contribution in [3.05, 3.63) is 47.1 Å². The van der Waals surface area contributed by atoms with Gasteiger partial charge in [0.1, 0.15) is 43.1 Å². The molecular weight excluding hydrogens is 1010 g/mol. The molecule has 0 aliphatic carbocycles. The Balaban J connectivity index is 1.78. The third-order valence-electron chi connectivity index (χ3n) is 12.8. The summed E-state index contributed by atoms with van der Waals surface area (Å²) in [5.41, 5.74) is 4.75. The summed E-state index contributed by atoms with van der Waals surface area (Å²) in [5, 5.41) is 56.8. The van der Waals surface area contributed by atoms with Crippen molar-refractivity contribution < 1.29 is 86.3 Å². The lowest BCUT2D eigenvalue weighted by Crippen LogP contribution is -2.49. The van der Waals surface area contributed by atoms with Gasteiger partial charge in [0, 0.05) is 31.4 Å². The molecular formula is C50H87N3O19P2. The lowest BCUT2D eigenvalue weighted by atomic mass is 9.92. The van der Waals surface area contributed by atoms with Gasteiger partial charge in [0.15, 0.2) is 12.4 Å². The minimum absolute atomic E-state index is 0.0766. The predicted octanol–water partition coefficient (Wildman–Crippen LogP) is 6.97. The SMILES string of the molecule is CCCCC[C@H](O)/C=C/[C@H]1OC(O)C[C@H](O)[C@@H]2CC=CCCCC(=O)O[C@H](COC(=O)CCCCCCCCCCCCCCC(C)C)COP(=O)(O)OP(=O)(O)OC[C@@H](O[C@H]2n2ccc(N)nc2=O)[C@@H](O)[C@H]1O. The molecule has 24 heteroatoms. The topological polar surface area (TPSA) is 335 Å². The van der Waals surface area contributed by atoms with Gasteiger partial charge in [-0.2, -0.15) is 9.29 Å². The first-order valence-electron chi connectivity index (χ1n) is 26.6. The third kappa shape index (κ3) is 26.9. The van der Waals surface area contributed by atoms with Gasteiger partial charge in [-0.25, -0.2) is 13.9 Å². The van der Waals surface area contributed by atoms with Crippen molar-refractivity contribution in [1.29, 1.82) is 0 Å². The molecule has 1 aromatic rings. The number of carbonyl (C=O) groups excluding carboxylic acids is 2. The van der Waals surface area contributed by atoms with Gasteiger partial charge in [-0.3, -0.25) is 23.2 Å². The average Bonchev–Trinajstić information content (AvgIpc) is 3.33. The van der Waals surface area contributed by atoms with Gasteiger partial charge < -0.3 is 60.0 Å². The van der Waals surface area contributed by atoms with Crippen molar-refractivity contribution >= 4 is 33.4 Å². The van der Waals surface area contributed by atoms with E-state index in [1.54, 1.807) is 12.2 Å². The second-order valence-electron chi connectivity index (χ2n) is 19.7. The fraction of sp³-hybridized carbons (Fsp3) is 0.800. The highest BCUT2D eigenvalue weighted by Crippen LogP contribution is 2.60. The number of phosphoric acid groups is 2. The van der Waals surface area contributed by atoms with E-state index in [2.05, 4.69) is 23.1 Å². The Bertz CT molecular complexity index is 1970. The minimum atomic E-state index is -5.73. The van der Waals surface area contributed by atoms with Crippen LogP contribution in [0, 0.1) is 11.8 Å². The first kappa shape index (κ1) is 65.4. The largest absolute Gasteiger partial charge is 0.481 e. The van der Waals surface area contributed by atoms with E-state index >= 15 is 0 Å². The number of phosphoric ester groups is 2. The molecule has 1 saturated heterocycles. The van der Waals surface area contributed by atoms with Crippen molar-refractivity contribution in [1.82, 2.24) is 9.55 Å². The number of aliphatic hydroxyl groups is 5. The molecule has 426 valence electrons. The number of nitrogens with zero attached hydrogens (tertiary/aromatic N) is 2. The highest BCUT2D eigenvalue weighted by atomic mass is 31.3. The van der Waals surface area contributed by atoms with Crippen LogP contribution in [-0.2, 0) is 51.0 Å². The summed E-state index contributed by atoms with van der Waals surface area (Å²) in [4.78, 5) is 64.2. The van der Waals surface area contributed by atoms with Crippen LogP contribution in [0.1, 0.15) is 175 Å². The number of ether oxygens (including phenoxy) is 4. The van der Waals surface area contributed by atoms with E-state index in [1.807, 2.05) is 6.92 Å². The Labute approximate surface area is 436 Å². The average molecular weight is 1100 g/mol. The van der Waals surface area contributed by atoms with Crippen LogP contribution in [0.5, 0.6) is 0 Å². The summed E-state index contributed by atoms with van der Waals surface area (Å²) in [6.45, 7) is 3.74. The molecule has 0 amide bonds. The Morgan fingerprint density at radius 3 is 2.12 bits per heavy atom. The lowest BCUT2D eigenvalue weighted by Gasteiger charge is -2.36. The Hall–Kier alpha value is -2.92. The first-order valence-corrected chi connectivity index (χ1v) is 29.6. The van der Waals surface area contributed by atoms with Crippen molar-refractivity contribution in [3.63, 3.8) is 0 Å². The molecule has 22 nitrogen and oxygen atoms in total. The molecule has 74 heavy (non-hydrogen) atoms. The van der Waals surface area contributed by atoms with E-state index in [9.17, 15) is 58.8 Å². The molecule has 2 aliphatic rings. The molecule has 2 bridgehead atoms. The van der Waals surface area contributed by atoms with Crippen molar-refractivity contribution in [3.8, 4) is 0 Å². The number of hydrogen-bond donors (Lipinski definition) is 8. The van der Waals surface area contributed by atoms with E-state index in [0.29, 0.717) is 19.3 Å². The number of fused-ring (bicyclic) bond motifs is 3. The molecule has 3 heterocycles. The highest BCUT2D eigenvalue weighted by molar-refractivity contribution is 7.61. The van der Waals surface area contributed by atoms with Crippen LogP contribution in [-0.4, -0.2) is 126 Å². The number of nitrogen functional groups attached to an aromatic ring is 1. The zero-order valence-electron chi connectivity index (χ0n) is 43.6. The van der Waals surface area contributed by atoms with Gasteiger partial charge in [-0.05, 0) is 44.1 Å². The van der Waals surface area contributed by atoms with Gasteiger partial charge in [-0.1, -0.05) is 141 Å². The number of cyclic esters (lactones) is 1. The van der Waals surface area contributed by atoms with Gasteiger partial charge in [0.05, 0.1) is 25.4 Å². The van der Waals surface area contributed by atoms with Gasteiger partial charge in [-0.15, -0.1) is 0 Å². The van der Waals surface area contributed by atoms with Gasteiger partial charge in [0.2, 0.25) is 0 Å². The van der Waals surface area contributed by atoms with E-state index in [4.69, 9.17) is 33.7 Å². The standard InChI is InChI=1S/C50H87N3O19P2/c1-4-5-18-24-37(54)28-29-41-47(59)48(60)42-35-68-74(64,65)72-73(62,63)67-34-38(33-66-44(56)26-21-15-13-11-9-7-6-8-10-12-14-19-23-36(2)3)69-45(57)27-22-17-16-20-25-39(40(55)32-46(58)70-41)49(71-42)53-31-30-43(51)52-50(53)61/h16,20,28-31,36-42,46-49,54-55,58-60H,4-15,17-19,21-27,32-35H2,1-3H3,(H,62,63)(H,64,65)(H2,51,52,61)/b20-16?,29-28+/t37-,38+,39-,40-,41+,42+,46?,47-,48+,49+/m0/s1. The minimum Gasteiger partial charge on any atom is -0.462 e. The van der Waals surface area contributed by atoms with Gasteiger partial charge in [0.25, 0.3) is 0 Å². The molecule has 0 spiro atoms. The van der Waals surface area contributed by atoms with E-state index in [1.165, 1.54) is 69.6 Å². The summed E-state index contributed by atoms with van der Waals surface area (Å²) in [6, 6.07) is 1.23. The maximum absolute atomic E-state index is 13.4. The third-order valence-corrected chi connectivity index (χ3v) is 15.4. The molecule has 1 aromatic heterocycles. The summed E-state index contributed by atoms with van der Waals surface area (Å²) in [6.07, 6.45) is 8.38. The first-order chi connectivity index (χ1) is 35.2. The number of rotatable bonds is 24. The number of unbranched alkanes of at least 4 members (excludes halogenated alkanes) is 13. The van der Waals surface area contributed by atoms with Crippen LogP contribution in [0.25, 0.3) is 0 Å². The smallest absolute Gasteiger partial charge is 0.462 e. The summed E-state index contributed by atoms with van der Waals surface area (Å²) >= 11 is 0. The Morgan fingerprint density at radius 2 is 1.49 bits per heavy atom. The normalized spacial score (nSPS) is 29.9. The number of allylic oxidation sites excluding steroid dienone is 2. The molecule has 3 rings (SSSR count). The predicted molar refractivity (Wildman–Crippen MR) is 274 cm³/mol.